The van der Waals surface area contributed by atoms with Crippen LogP contribution in [0.1, 0.15) is 81.2 Å². The topological polar surface area (TPSA) is 157 Å². The van der Waals surface area contributed by atoms with Crippen molar-refractivity contribution < 1.29 is 19.1 Å². The van der Waals surface area contributed by atoms with Crippen LogP contribution in [0.5, 0.6) is 0 Å². The molecule has 228 valence electrons. The van der Waals surface area contributed by atoms with E-state index in [-0.39, 0.29) is 35.5 Å². The van der Waals surface area contributed by atoms with Crippen LogP contribution in [-0.2, 0) is 15.9 Å². The maximum Gasteiger partial charge on any atom is 0.410 e. The van der Waals surface area contributed by atoms with Crippen molar-refractivity contribution in [3.05, 3.63) is 56.8 Å². The Balaban J connectivity index is 1.36. The van der Waals surface area contributed by atoms with Gasteiger partial charge >= 0.3 is 12.1 Å². The molecule has 3 atom stereocenters. The molecule has 1 fully saturated rings. The van der Waals surface area contributed by atoms with Gasteiger partial charge < -0.3 is 24.7 Å². The zero-order valence-electron chi connectivity index (χ0n) is 25.3. The summed E-state index contributed by atoms with van der Waals surface area (Å²) in [6.07, 6.45) is 1.27. The van der Waals surface area contributed by atoms with Gasteiger partial charge in [-0.05, 0) is 66.5 Å². The molecule has 5 rings (SSSR count). The molecule has 0 aliphatic carbocycles. The molecular weight excluding hydrogens is 572 g/mol. The van der Waals surface area contributed by atoms with E-state index in [4.69, 9.17) is 19.6 Å². The lowest BCUT2D eigenvalue weighted by atomic mass is 9.93. The Labute approximate surface area is 252 Å². The van der Waals surface area contributed by atoms with Crippen molar-refractivity contribution in [2.75, 3.05) is 12.4 Å². The predicted octanol–water partition coefficient (Wildman–Crippen LogP) is 4.75. The largest absolute Gasteiger partial charge is 0.464 e. The summed E-state index contributed by atoms with van der Waals surface area (Å²) in [7, 11) is 1.30. The monoisotopic (exact) mass is 608 g/mol. The highest BCUT2D eigenvalue weighted by atomic mass is 32.1. The molecular formula is C29H36N8O5S. The van der Waals surface area contributed by atoms with Crippen molar-refractivity contribution in [3.63, 3.8) is 0 Å². The molecule has 1 saturated heterocycles. The van der Waals surface area contributed by atoms with Crippen LogP contribution in [0.25, 0.3) is 11.0 Å². The summed E-state index contributed by atoms with van der Waals surface area (Å²) in [6, 6.07) is 4.77. The van der Waals surface area contributed by atoms with E-state index in [0.29, 0.717) is 58.5 Å². The number of aromatic amines is 1. The smallest absolute Gasteiger partial charge is 0.410 e. The number of piperidine rings is 1. The number of pyridine rings is 1. The number of carbonyl (C=O) groups is 2. The first-order valence-corrected chi connectivity index (χ1v) is 15.0. The van der Waals surface area contributed by atoms with E-state index < -0.39 is 11.6 Å². The summed E-state index contributed by atoms with van der Waals surface area (Å²) in [6.45, 7) is 11.4. The Bertz CT molecular complexity index is 1710. The number of esters is 1. The van der Waals surface area contributed by atoms with Crippen molar-refractivity contribution in [2.24, 2.45) is 0 Å². The number of hydrogen-bond donors (Lipinski definition) is 2. The van der Waals surface area contributed by atoms with Crippen LogP contribution in [-0.4, -0.2) is 71.5 Å². The van der Waals surface area contributed by atoms with E-state index in [1.807, 2.05) is 44.7 Å². The number of anilines is 2. The Hall–Kier alpha value is -4.33. The first-order chi connectivity index (χ1) is 20.3. The van der Waals surface area contributed by atoms with Crippen LogP contribution < -0.4 is 10.9 Å². The molecule has 0 spiro atoms. The SMILES string of the molecule is COC(=O)c1cccc(Nc2nc(Cc3nc4c(c(C)nn4C4C[C@@H](C)N(C(=O)OC(C)(C)C)[C@@H](C)C4)c(=O)[nH]3)cs2)n1. The zero-order valence-corrected chi connectivity index (χ0v) is 26.1. The lowest BCUT2D eigenvalue weighted by Crippen LogP contribution is -2.51. The molecule has 14 heteroatoms. The number of carbonyl (C=O) groups excluding carboxylic acids is 2. The molecule has 1 aliphatic heterocycles. The first kappa shape index (κ1) is 30.1. The first-order valence-electron chi connectivity index (χ1n) is 14.1. The molecule has 4 aromatic rings. The van der Waals surface area contributed by atoms with E-state index in [0.717, 1.165) is 0 Å². The molecule has 0 radical (unpaired) electrons. The van der Waals surface area contributed by atoms with E-state index in [2.05, 4.69) is 20.3 Å². The highest BCUT2D eigenvalue weighted by Crippen LogP contribution is 2.34. The Morgan fingerprint density at radius 1 is 1.14 bits per heavy atom. The molecule has 5 heterocycles. The zero-order chi connectivity index (χ0) is 31.1. The molecule has 0 aromatic carbocycles. The van der Waals surface area contributed by atoms with Gasteiger partial charge in [0.15, 0.2) is 16.5 Å². The maximum atomic E-state index is 13.2. The number of hydrogen-bond acceptors (Lipinski definition) is 11. The van der Waals surface area contributed by atoms with Crippen LogP contribution >= 0.6 is 11.3 Å². The fourth-order valence-electron chi connectivity index (χ4n) is 5.46. The second-order valence-corrected chi connectivity index (χ2v) is 12.7. The van der Waals surface area contributed by atoms with Gasteiger partial charge in [0.1, 0.15) is 22.6 Å². The third-order valence-electron chi connectivity index (χ3n) is 7.19. The van der Waals surface area contributed by atoms with Crippen LogP contribution in [0, 0.1) is 6.92 Å². The molecule has 13 nitrogen and oxygen atoms in total. The highest BCUT2D eigenvalue weighted by Gasteiger charge is 2.38. The number of likely N-dealkylation sites (tertiary alicyclic amines) is 1. The average molecular weight is 609 g/mol. The van der Waals surface area contributed by atoms with E-state index in [1.165, 1.54) is 18.4 Å². The second-order valence-electron chi connectivity index (χ2n) is 11.8. The predicted molar refractivity (Wildman–Crippen MR) is 162 cm³/mol. The Morgan fingerprint density at radius 2 is 1.86 bits per heavy atom. The molecule has 43 heavy (non-hydrogen) atoms. The number of fused-ring (bicyclic) bond motifs is 1. The van der Waals surface area contributed by atoms with Gasteiger partial charge in [0.2, 0.25) is 0 Å². The lowest BCUT2D eigenvalue weighted by Gasteiger charge is -2.42. The Kier molecular flexibility index (Phi) is 8.23. The van der Waals surface area contributed by atoms with Gasteiger partial charge in [-0.3, -0.25) is 4.79 Å². The van der Waals surface area contributed by atoms with Gasteiger partial charge in [0, 0.05) is 23.9 Å². The van der Waals surface area contributed by atoms with E-state index >= 15 is 0 Å². The van der Waals surface area contributed by atoms with Crippen molar-refractivity contribution >= 4 is 45.4 Å². The van der Waals surface area contributed by atoms with Crippen LogP contribution in [0.2, 0.25) is 0 Å². The third-order valence-corrected chi connectivity index (χ3v) is 8.00. The summed E-state index contributed by atoms with van der Waals surface area (Å²) >= 11 is 1.37. The van der Waals surface area contributed by atoms with E-state index in [1.54, 1.807) is 30.0 Å². The van der Waals surface area contributed by atoms with Crippen molar-refractivity contribution in [1.29, 1.82) is 0 Å². The van der Waals surface area contributed by atoms with Gasteiger partial charge in [-0.1, -0.05) is 6.07 Å². The van der Waals surface area contributed by atoms with E-state index in [9.17, 15) is 14.4 Å². The number of aromatic nitrogens is 6. The summed E-state index contributed by atoms with van der Waals surface area (Å²) in [5.74, 6) is 0.395. The minimum atomic E-state index is -0.579. The summed E-state index contributed by atoms with van der Waals surface area (Å²) < 4.78 is 12.2. The molecule has 1 unspecified atom stereocenters. The molecule has 1 amide bonds. The van der Waals surface area contributed by atoms with Gasteiger partial charge in [-0.15, -0.1) is 11.3 Å². The molecule has 0 bridgehead atoms. The van der Waals surface area contributed by atoms with Crippen molar-refractivity contribution in [1.82, 2.24) is 34.6 Å². The third kappa shape index (κ3) is 6.53. The average Bonchev–Trinajstić information content (AvgIpc) is 3.50. The van der Waals surface area contributed by atoms with Gasteiger partial charge in [0.05, 0.1) is 24.5 Å². The molecule has 4 aromatic heterocycles. The fraction of sp³-hybridized carbons (Fsp3) is 0.483. The van der Waals surface area contributed by atoms with Gasteiger partial charge in [-0.25, -0.2) is 29.2 Å². The number of H-pyrrole nitrogens is 1. The van der Waals surface area contributed by atoms with Gasteiger partial charge in [0.25, 0.3) is 5.56 Å². The van der Waals surface area contributed by atoms with Crippen LogP contribution in [0.4, 0.5) is 15.7 Å². The number of amides is 1. The summed E-state index contributed by atoms with van der Waals surface area (Å²) in [5, 5.41) is 10.7. The number of rotatable bonds is 6. The number of aryl methyl sites for hydroxylation is 1. The molecule has 0 saturated carbocycles. The van der Waals surface area contributed by atoms with Crippen molar-refractivity contribution in [3.8, 4) is 0 Å². The number of ether oxygens (including phenoxy) is 2. The standard InChI is InChI=1S/C29H36N8O5S/c1-15-11-19(12-16(2)36(15)28(40)42-29(4,5)6)37-24-23(17(3)35-37)25(38)33-22(32-24)13-18-14-43-27(30-18)34-21-10-8-9-20(31-21)26(39)41-7/h8-10,14-16,19H,11-13H2,1-7H3,(H,30,31,34)(H,32,33,38)/t15-,16+,19?. The van der Waals surface area contributed by atoms with Gasteiger partial charge in [-0.2, -0.15) is 5.10 Å². The maximum absolute atomic E-state index is 13.2. The highest BCUT2D eigenvalue weighted by molar-refractivity contribution is 7.13. The minimum absolute atomic E-state index is 0.0506. The summed E-state index contributed by atoms with van der Waals surface area (Å²) in [5.41, 5.74) is 1.18. The minimum Gasteiger partial charge on any atom is -0.464 e. The number of thiazole rings is 1. The quantitative estimate of drug-likeness (QED) is 0.293. The number of nitrogens with zero attached hydrogens (tertiary/aromatic N) is 6. The lowest BCUT2D eigenvalue weighted by molar-refractivity contribution is -0.00669. The number of nitrogens with one attached hydrogen (secondary N) is 2. The fourth-order valence-corrected chi connectivity index (χ4v) is 6.18. The van der Waals surface area contributed by atoms with Crippen LogP contribution in [0.15, 0.2) is 28.4 Å². The molecule has 2 N–H and O–H groups in total. The Morgan fingerprint density at radius 3 is 2.53 bits per heavy atom. The number of methoxy groups -OCH3 is 1. The summed E-state index contributed by atoms with van der Waals surface area (Å²) in [4.78, 5) is 56.3. The van der Waals surface area contributed by atoms with Crippen LogP contribution in [0.3, 0.4) is 0 Å². The second kappa shape index (κ2) is 11.7. The molecule has 1 aliphatic rings. The normalized spacial score (nSPS) is 19.0. The van der Waals surface area contributed by atoms with Crippen molar-refractivity contribution in [2.45, 2.75) is 84.5 Å².